The van der Waals surface area contributed by atoms with Gasteiger partial charge in [-0.05, 0) is 25.0 Å². The number of carboxylic acids is 1. The SMILES string of the molecule is COc1ccc(C(=O)O)c(OCc2cncn2C2CC2)c1. The maximum atomic E-state index is 11.2. The maximum Gasteiger partial charge on any atom is 0.339 e. The third-order valence-corrected chi connectivity index (χ3v) is 3.48. The van der Waals surface area contributed by atoms with Crippen LogP contribution in [0.3, 0.4) is 0 Å². The summed E-state index contributed by atoms with van der Waals surface area (Å²) in [6.07, 6.45) is 5.85. The zero-order chi connectivity index (χ0) is 14.8. The van der Waals surface area contributed by atoms with E-state index in [2.05, 4.69) is 9.55 Å². The van der Waals surface area contributed by atoms with Gasteiger partial charge in [0.05, 0.1) is 25.3 Å². The van der Waals surface area contributed by atoms with Crippen LogP contribution in [0.2, 0.25) is 0 Å². The molecular formula is C15H16N2O4. The summed E-state index contributed by atoms with van der Waals surface area (Å²) in [5.74, 6) is -0.167. The van der Waals surface area contributed by atoms with E-state index in [9.17, 15) is 9.90 Å². The minimum absolute atomic E-state index is 0.119. The molecule has 110 valence electrons. The number of imidazole rings is 1. The van der Waals surface area contributed by atoms with Gasteiger partial charge in [-0.1, -0.05) is 0 Å². The summed E-state index contributed by atoms with van der Waals surface area (Å²) < 4.78 is 12.9. The minimum atomic E-state index is -1.02. The molecule has 0 amide bonds. The van der Waals surface area contributed by atoms with Gasteiger partial charge in [-0.2, -0.15) is 0 Å². The molecule has 0 saturated heterocycles. The van der Waals surface area contributed by atoms with Gasteiger partial charge in [0.1, 0.15) is 23.7 Å². The van der Waals surface area contributed by atoms with E-state index in [1.54, 1.807) is 24.7 Å². The molecule has 0 bridgehead atoms. The number of carboxylic acid groups (broad SMARTS) is 1. The van der Waals surface area contributed by atoms with Gasteiger partial charge >= 0.3 is 5.97 Å². The number of ether oxygens (including phenoxy) is 2. The van der Waals surface area contributed by atoms with Gasteiger partial charge in [-0.25, -0.2) is 9.78 Å². The highest BCUT2D eigenvalue weighted by atomic mass is 16.5. The Bertz CT molecular complexity index is 661. The molecule has 0 unspecified atom stereocenters. The van der Waals surface area contributed by atoms with E-state index in [1.165, 1.54) is 13.2 Å². The molecule has 1 aliphatic rings. The quantitative estimate of drug-likeness (QED) is 0.884. The number of nitrogens with zero attached hydrogens (tertiary/aromatic N) is 2. The van der Waals surface area contributed by atoms with E-state index < -0.39 is 5.97 Å². The minimum Gasteiger partial charge on any atom is -0.497 e. The standard InChI is InChI=1S/C15H16N2O4/c1-20-12-4-5-13(15(18)19)14(6-12)21-8-11-7-16-9-17(11)10-2-3-10/h4-7,9-10H,2-3,8H2,1H3,(H,18,19). The molecule has 1 fully saturated rings. The first-order valence-corrected chi connectivity index (χ1v) is 6.74. The molecule has 6 nitrogen and oxygen atoms in total. The van der Waals surface area contributed by atoms with Gasteiger partial charge in [0, 0.05) is 12.1 Å². The van der Waals surface area contributed by atoms with Crippen molar-refractivity contribution in [3.05, 3.63) is 42.0 Å². The summed E-state index contributed by atoms with van der Waals surface area (Å²) in [5, 5.41) is 9.20. The van der Waals surface area contributed by atoms with Crippen LogP contribution in [0.15, 0.2) is 30.7 Å². The third kappa shape index (κ3) is 2.84. The lowest BCUT2D eigenvalue weighted by molar-refractivity contribution is 0.0691. The van der Waals surface area contributed by atoms with Crippen molar-refractivity contribution in [3.8, 4) is 11.5 Å². The molecule has 1 aromatic heterocycles. The van der Waals surface area contributed by atoms with E-state index >= 15 is 0 Å². The van der Waals surface area contributed by atoms with Crippen molar-refractivity contribution >= 4 is 5.97 Å². The van der Waals surface area contributed by atoms with E-state index in [0.717, 1.165) is 18.5 Å². The highest BCUT2D eigenvalue weighted by molar-refractivity contribution is 5.91. The predicted molar refractivity (Wildman–Crippen MR) is 74.8 cm³/mol. The van der Waals surface area contributed by atoms with Crippen LogP contribution < -0.4 is 9.47 Å². The highest BCUT2D eigenvalue weighted by Gasteiger charge is 2.25. The van der Waals surface area contributed by atoms with Crippen LogP contribution in [-0.4, -0.2) is 27.7 Å². The molecule has 1 heterocycles. The van der Waals surface area contributed by atoms with Crippen LogP contribution in [0, 0.1) is 0 Å². The van der Waals surface area contributed by atoms with Crippen LogP contribution in [0.5, 0.6) is 11.5 Å². The van der Waals surface area contributed by atoms with Crippen LogP contribution in [-0.2, 0) is 6.61 Å². The van der Waals surface area contributed by atoms with Crippen LogP contribution in [0.4, 0.5) is 0 Å². The van der Waals surface area contributed by atoms with Gasteiger partial charge in [0.25, 0.3) is 0 Å². The average molecular weight is 288 g/mol. The molecule has 1 N–H and O–H groups in total. The van der Waals surface area contributed by atoms with Crippen molar-refractivity contribution in [2.45, 2.75) is 25.5 Å². The Morgan fingerprint density at radius 3 is 2.95 bits per heavy atom. The number of aromatic carboxylic acids is 1. The van der Waals surface area contributed by atoms with Crippen molar-refractivity contribution < 1.29 is 19.4 Å². The molecule has 0 aliphatic heterocycles. The van der Waals surface area contributed by atoms with Crippen molar-refractivity contribution in [2.75, 3.05) is 7.11 Å². The smallest absolute Gasteiger partial charge is 0.339 e. The molecule has 0 radical (unpaired) electrons. The molecule has 0 spiro atoms. The van der Waals surface area contributed by atoms with E-state index in [-0.39, 0.29) is 12.2 Å². The van der Waals surface area contributed by atoms with Crippen LogP contribution in [0.1, 0.15) is 34.9 Å². The lowest BCUT2D eigenvalue weighted by Gasteiger charge is -2.12. The largest absolute Gasteiger partial charge is 0.497 e. The molecule has 1 saturated carbocycles. The molecule has 21 heavy (non-hydrogen) atoms. The summed E-state index contributed by atoms with van der Waals surface area (Å²) in [6.45, 7) is 0.282. The van der Waals surface area contributed by atoms with Crippen LogP contribution >= 0.6 is 0 Å². The fraction of sp³-hybridized carbons (Fsp3) is 0.333. The maximum absolute atomic E-state index is 11.2. The summed E-state index contributed by atoms with van der Waals surface area (Å²) in [7, 11) is 1.53. The fourth-order valence-electron chi connectivity index (χ4n) is 2.20. The lowest BCUT2D eigenvalue weighted by atomic mass is 10.2. The predicted octanol–water partition coefficient (Wildman–Crippen LogP) is 2.50. The molecule has 1 aromatic carbocycles. The summed E-state index contributed by atoms with van der Waals surface area (Å²) in [5.41, 5.74) is 1.06. The van der Waals surface area contributed by atoms with E-state index in [0.29, 0.717) is 17.5 Å². The van der Waals surface area contributed by atoms with E-state index in [1.807, 2.05) is 0 Å². The Balaban J connectivity index is 1.80. The summed E-state index contributed by atoms with van der Waals surface area (Å²) >= 11 is 0. The number of carbonyl (C=O) groups is 1. The fourth-order valence-corrected chi connectivity index (χ4v) is 2.20. The number of hydrogen-bond donors (Lipinski definition) is 1. The first kappa shape index (κ1) is 13.5. The number of methoxy groups -OCH3 is 1. The van der Waals surface area contributed by atoms with Crippen molar-refractivity contribution in [1.82, 2.24) is 9.55 Å². The number of aromatic nitrogens is 2. The van der Waals surface area contributed by atoms with Gasteiger partial charge in [-0.3, -0.25) is 0 Å². The molecule has 0 atom stereocenters. The first-order chi connectivity index (χ1) is 10.2. The van der Waals surface area contributed by atoms with Gasteiger partial charge in [0.15, 0.2) is 0 Å². The third-order valence-electron chi connectivity index (χ3n) is 3.48. The van der Waals surface area contributed by atoms with Crippen molar-refractivity contribution in [1.29, 1.82) is 0 Å². The first-order valence-electron chi connectivity index (χ1n) is 6.74. The van der Waals surface area contributed by atoms with Crippen molar-refractivity contribution in [2.24, 2.45) is 0 Å². The zero-order valence-electron chi connectivity index (χ0n) is 11.7. The number of hydrogen-bond acceptors (Lipinski definition) is 4. The van der Waals surface area contributed by atoms with Gasteiger partial charge in [-0.15, -0.1) is 0 Å². The Morgan fingerprint density at radius 1 is 1.48 bits per heavy atom. The second-order valence-corrected chi connectivity index (χ2v) is 4.98. The zero-order valence-corrected chi connectivity index (χ0v) is 11.7. The molecule has 1 aliphatic carbocycles. The Labute approximate surface area is 121 Å². The summed E-state index contributed by atoms with van der Waals surface area (Å²) in [4.78, 5) is 15.4. The molecular weight excluding hydrogens is 272 g/mol. The van der Waals surface area contributed by atoms with Gasteiger partial charge < -0.3 is 19.1 Å². The molecule has 3 rings (SSSR count). The topological polar surface area (TPSA) is 73.6 Å². The lowest BCUT2D eigenvalue weighted by Crippen LogP contribution is -2.07. The second kappa shape index (κ2) is 5.47. The van der Waals surface area contributed by atoms with E-state index in [4.69, 9.17) is 9.47 Å². The van der Waals surface area contributed by atoms with Crippen molar-refractivity contribution in [3.63, 3.8) is 0 Å². The van der Waals surface area contributed by atoms with Gasteiger partial charge in [0.2, 0.25) is 0 Å². The Hall–Kier alpha value is -2.50. The van der Waals surface area contributed by atoms with Crippen LogP contribution in [0.25, 0.3) is 0 Å². The highest BCUT2D eigenvalue weighted by Crippen LogP contribution is 2.36. The Morgan fingerprint density at radius 2 is 2.29 bits per heavy atom. The second-order valence-electron chi connectivity index (χ2n) is 4.98. The summed E-state index contributed by atoms with van der Waals surface area (Å²) in [6, 6.07) is 5.18. The Kier molecular flexibility index (Phi) is 3.51. The normalized spacial score (nSPS) is 14.0. The monoisotopic (exact) mass is 288 g/mol. The average Bonchev–Trinajstić information content (AvgIpc) is 3.23. The number of benzene rings is 1. The molecule has 6 heteroatoms. The number of rotatable bonds is 6. The molecule has 2 aromatic rings.